The topological polar surface area (TPSA) is 41.5 Å². The predicted molar refractivity (Wildman–Crippen MR) is 66.0 cm³/mol. The molecule has 2 atom stereocenters. The fraction of sp³-hybridized carbons (Fsp3) is 0.538. The van der Waals surface area contributed by atoms with Crippen LogP contribution in [0.15, 0.2) is 18.2 Å². The van der Waals surface area contributed by atoms with E-state index in [2.05, 4.69) is 5.32 Å². The Kier molecular flexibility index (Phi) is 6.35. The van der Waals surface area contributed by atoms with Crippen molar-refractivity contribution in [2.45, 2.75) is 31.7 Å². The molecular formula is C13H16F5NO2. The van der Waals surface area contributed by atoms with Gasteiger partial charge >= 0.3 is 6.18 Å². The van der Waals surface area contributed by atoms with Crippen LogP contribution < -0.4 is 10.1 Å². The molecular weight excluding hydrogens is 297 g/mol. The molecule has 0 aromatic heterocycles. The lowest BCUT2D eigenvalue weighted by atomic mass is 10.2. The highest BCUT2D eigenvalue weighted by atomic mass is 19.4. The van der Waals surface area contributed by atoms with E-state index in [-0.39, 0.29) is 18.9 Å². The van der Waals surface area contributed by atoms with Crippen LogP contribution in [0.3, 0.4) is 0 Å². The summed E-state index contributed by atoms with van der Waals surface area (Å²) in [5.41, 5.74) is 0. The molecule has 0 heterocycles. The van der Waals surface area contributed by atoms with Crippen molar-refractivity contribution in [3.8, 4) is 5.75 Å². The molecule has 0 spiro atoms. The van der Waals surface area contributed by atoms with Crippen molar-refractivity contribution in [3.05, 3.63) is 29.8 Å². The zero-order valence-electron chi connectivity index (χ0n) is 11.3. The first-order valence-electron chi connectivity index (χ1n) is 6.23. The van der Waals surface area contributed by atoms with Crippen LogP contribution in [0.25, 0.3) is 0 Å². The Morgan fingerprint density at radius 2 is 1.90 bits per heavy atom. The third-order valence-corrected chi connectivity index (χ3v) is 2.57. The van der Waals surface area contributed by atoms with Gasteiger partial charge in [-0.05, 0) is 19.1 Å². The van der Waals surface area contributed by atoms with E-state index in [4.69, 9.17) is 4.74 Å². The van der Waals surface area contributed by atoms with Crippen molar-refractivity contribution < 1.29 is 31.8 Å². The smallest absolute Gasteiger partial charge is 0.390 e. The number of alkyl halides is 3. The fourth-order valence-electron chi connectivity index (χ4n) is 1.57. The average Bonchev–Trinajstić information content (AvgIpc) is 2.36. The Bertz CT molecular complexity index is 453. The summed E-state index contributed by atoms with van der Waals surface area (Å²) >= 11 is 0. The second-order valence-corrected chi connectivity index (χ2v) is 4.67. The van der Waals surface area contributed by atoms with Crippen molar-refractivity contribution in [1.82, 2.24) is 5.32 Å². The van der Waals surface area contributed by atoms with Gasteiger partial charge in [-0.3, -0.25) is 0 Å². The molecule has 0 saturated heterocycles. The van der Waals surface area contributed by atoms with E-state index < -0.39 is 36.4 Å². The van der Waals surface area contributed by atoms with Gasteiger partial charge < -0.3 is 15.2 Å². The second kappa shape index (κ2) is 7.56. The largest absolute Gasteiger partial charge is 0.491 e. The van der Waals surface area contributed by atoms with Crippen molar-refractivity contribution in [2.75, 3.05) is 13.2 Å². The maximum atomic E-state index is 12.9. The van der Waals surface area contributed by atoms with Crippen LogP contribution in [0.4, 0.5) is 22.0 Å². The lowest BCUT2D eigenvalue weighted by Crippen LogP contribution is -2.38. The molecule has 0 fully saturated rings. The minimum Gasteiger partial charge on any atom is -0.491 e. The van der Waals surface area contributed by atoms with Crippen LogP contribution in [0.1, 0.15) is 13.3 Å². The molecule has 21 heavy (non-hydrogen) atoms. The SMILES string of the molecule is CC(CC(F)(F)F)NCC(O)COc1ccc(F)c(F)c1. The number of hydrogen-bond acceptors (Lipinski definition) is 3. The first-order valence-corrected chi connectivity index (χ1v) is 6.23. The first kappa shape index (κ1) is 17.6. The molecule has 2 unspecified atom stereocenters. The number of halogens is 5. The summed E-state index contributed by atoms with van der Waals surface area (Å²) in [6.45, 7) is 0.980. The maximum Gasteiger partial charge on any atom is 0.390 e. The Hall–Kier alpha value is -1.41. The zero-order valence-corrected chi connectivity index (χ0v) is 11.3. The molecule has 0 bridgehead atoms. The quantitative estimate of drug-likeness (QED) is 0.761. The summed E-state index contributed by atoms with van der Waals surface area (Å²) in [5.74, 6) is -2.08. The van der Waals surface area contributed by atoms with Crippen molar-refractivity contribution >= 4 is 0 Å². The maximum absolute atomic E-state index is 12.9. The van der Waals surface area contributed by atoms with Gasteiger partial charge in [-0.2, -0.15) is 13.2 Å². The number of aliphatic hydroxyl groups is 1. The summed E-state index contributed by atoms with van der Waals surface area (Å²) < 4.78 is 66.8. The van der Waals surface area contributed by atoms with Crippen LogP contribution >= 0.6 is 0 Å². The van der Waals surface area contributed by atoms with E-state index in [1.807, 2.05) is 0 Å². The average molecular weight is 313 g/mol. The summed E-state index contributed by atoms with van der Waals surface area (Å²) in [4.78, 5) is 0. The van der Waals surface area contributed by atoms with Gasteiger partial charge in [-0.25, -0.2) is 8.78 Å². The number of rotatable bonds is 7. The van der Waals surface area contributed by atoms with Gasteiger partial charge in [0.15, 0.2) is 11.6 Å². The van der Waals surface area contributed by atoms with Crippen LogP contribution in [-0.2, 0) is 0 Å². The number of aliphatic hydroxyl groups excluding tert-OH is 1. The molecule has 0 aliphatic carbocycles. The molecule has 3 nitrogen and oxygen atoms in total. The number of hydrogen-bond donors (Lipinski definition) is 2. The van der Waals surface area contributed by atoms with E-state index in [1.54, 1.807) is 0 Å². The molecule has 1 aromatic carbocycles. The van der Waals surface area contributed by atoms with Gasteiger partial charge in [0.25, 0.3) is 0 Å². The molecule has 1 rings (SSSR count). The van der Waals surface area contributed by atoms with E-state index >= 15 is 0 Å². The highest BCUT2D eigenvalue weighted by Gasteiger charge is 2.29. The number of benzene rings is 1. The minimum atomic E-state index is -4.28. The lowest BCUT2D eigenvalue weighted by molar-refractivity contribution is -0.139. The fourth-order valence-corrected chi connectivity index (χ4v) is 1.57. The summed E-state index contributed by atoms with van der Waals surface area (Å²) in [5, 5.41) is 12.1. The second-order valence-electron chi connectivity index (χ2n) is 4.67. The zero-order chi connectivity index (χ0) is 16.0. The van der Waals surface area contributed by atoms with Gasteiger partial charge in [-0.15, -0.1) is 0 Å². The van der Waals surface area contributed by atoms with E-state index in [0.29, 0.717) is 0 Å². The highest BCUT2D eigenvalue weighted by molar-refractivity contribution is 5.23. The molecule has 0 radical (unpaired) electrons. The summed E-state index contributed by atoms with van der Waals surface area (Å²) in [7, 11) is 0. The normalized spacial score (nSPS) is 14.8. The van der Waals surface area contributed by atoms with Gasteiger partial charge in [0.1, 0.15) is 18.5 Å². The summed E-state index contributed by atoms with van der Waals surface area (Å²) in [6.07, 6.45) is -6.36. The van der Waals surface area contributed by atoms with Crippen molar-refractivity contribution in [3.63, 3.8) is 0 Å². The molecule has 0 aliphatic rings. The van der Waals surface area contributed by atoms with Gasteiger partial charge in [0.05, 0.1) is 6.42 Å². The monoisotopic (exact) mass is 313 g/mol. The van der Waals surface area contributed by atoms with E-state index in [0.717, 1.165) is 12.1 Å². The van der Waals surface area contributed by atoms with Crippen LogP contribution in [0.5, 0.6) is 5.75 Å². The Morgan fingerprint density at radius 1 is 1.24 bits per heavy atom. The molecule has 2 N–H and O–H groups in total. The standard InChI is InChI=1S/C13H16F5NO2/c1-8(5-13(16,17)18)19-6-9(20)7-21-10-2-3-11(14)12(15)4-10/h2-4,8-9,19-20H,5-7H2,1H3. The van der Waals surface area contributed by atoms with Crippen LogP contribution in [-0.4, -0.2) is 36.6 Å². The Labute approximate surface area is 118 Å². The molecule has 0 saturated carbocycles. The highest BCUT2D eigenvalue weighted by Crippen LogP contribution is 2.21. The van der Waals surface area contributed by atoms with Crippen LogP contribution in [0.2, 0.25) is 0 Å². The Morgan fingerprint density at radius 3 is 2.48 bits per heavy atom. The minimum absolute atomic E-state index is 0.0243. The predicted octanol–water partition coefficient (Wildman–Crippen LogP) is 2.64. The van der Waals surface area contributed by atoms with Crippen LogP contribution in [0, 0.1) is 11.6 Å². The molecule has 0 amide bonds. The van der Waals surface area contributed by atoms with E-state index in [1.165, 1.54) is 13.0 Å². The van der Waals surface area contributed by atoms with E-state index in [9.17, 15) is 27.1 Å². The molecule has 1 aromatic rings. The lowest BCUT2D eigenvalue weighted by Gasteiger charge is -2.18. The van der Waals surface area contributed by atoms with Crippen molar-refractivity contribution in [2.24, 2.45) is 0 Å². The van der Waals surface area contributed by atoms with Crippen molar-refractivity contribution in [1.29, 1.82) is 0 Å². The van der Waals surface area contributed by atoms with Gasteiger partial charge in [-0.1, -0.05) is 0 Å². The number of ether oxygens (including phenoxy) is 1. The molecule has 120 valence electrons. The molecule has 8 heteroatoms. The third kappa shape index (κ3) is 7.24. The first-order chi connectivity index (χ1) is 9.67. The summed E-state index contributed by atoms with van der Waals surface area (Å²) in [6, 6.07) is 2.04. The Balaban J connectivity index is 2.30. The van der Waals surface area contributed by atoms with Gasteiger partial charge in [0.2, 0.25) is 0 Å². The van der Waals surface area contributed by atoms with Gasteiger partial charge in [0, 0.05) is 18.7 Å². The number of nitrogens with one attached hydrogen (secondary N) is 1. The molecule has 0 aliphatic heterocycles. The third-order valence-electron chi connectivity index (χ3n) is 2.57.